The quantitative estimate of drug-likeness (QED) is 0.437. The van der Waals surface area contributed by atoms with Gasteiger partial charge in [0.05, 0.1) is 28.5 Å². The Balaban J connectivity index is 1.59. The number of rotatable bonds is 7. The molecule has 6 nitrogen and oxygen atoms in total. The number of carbonyl (C=O) groups is 2. The van der Waals surface area contributed by atoms with Crippen molar-refractivity contribution in [3.05, 3.63) is 53.8 Å². The molecule has 1 atom stereocenters. The maximum atomic E-state index is 13.6. The van der Waals surface area contributed by atoms with Crippen LogP contribution in [0, 0.1) is 17.5 Å². The van der Waals surface area contributed by atoms with Gasteiger partial charge < -0.3 is 15.2 Å². The molecule has 0 radical (unpaired) electrons. The van der Waals surface area contributed by atoms with Gasteiger partial charge in [-0.25, -0.2) is 18.2 Å². The number of amides is 2. The average molecular weight is 436 g/mol. The second kappa shape index (κ2) is 9.21. The predicted molar refractivity (Wildman–Crippen MR) is 109 cm³/mol. The van der Waals surface area contributed by atoms with Crippen LogP contribution in [0.3, 0.4) is 0 Å². The minimum Gasteiger partial charge on any atom is -0.346 e. The molecule has 0 fully saturated rings. The first-order chi connectivity index (χ1) is 14.3. The maximum Gasteiger partial charge on any atom is 0.243 e. The van der Waals surface area contributed by atoms with Crippen LogP contribution in [0.25, 0.3) is 11.0 Å². The fourth-order valence-corrected chi connectivity index (χ4v) is 3.80. The van der Waals surface area contributed by atoms with Crippen LogP contribution >= 0.6 is 11.8 Å². The standard InChI is InChI=1S/C20H19F3N4O2S/c1-3-27-15-7-5-4-6-13(15)26-20(27)30-11(2)19(29)24-10-16(28)25-14-9-8-12(21)17(22)18(14)23/h4-9,11H,3,10H2,1-2H3,(H,24,29)(H,25,28). The molecule has 30 heavy (non-hydrogen) atoms. The van der Waals surface area contributed by atoms with Crippen molar-refractivity contribution >= 4 is 40.3 Å². The van der Waals surface area contributed by atoms with Gasteiger partial charge in [0.15, 0.2) is 22.6 Å². The number of fused-ring (bicyclic) bond motifs is 1. The number of anilines is 1. The molecular formula is C20H19F3N4O2S. The number of aromatic nitrogens is 2. The van der Waals surface area contributed by atoms with Crippen molar-refractivity contribution in [2.75, 3.05) is 11.9 Å². The molecule has 3 rings (SSSR count). The summed E-state index contributed by atoms with van der Waals surface area (Å²) >= 11 is 1.25. The highest BCUT2D eigenvalue weighted by atomic mass is 32.2. The number of hydrogen-bond acceptors (Lipinski definition) is 4. The smallest absolute Gasteiger partial charge is 0.243 e. The molecule has 0 saturated heterocycles. The summed E-state index contributed by atoms with van der Waals surface area (Å²) in [5.74, 6) is -5.73. The Hall–Kier alpha value is -3.01. The van der Waals surface area contributed by atoms with Gasteiger partial charge in [-0.15, -0.1) is 0 Å². The van der Waals surface area contributed by atoms with Crippen molar-refractivity contribution in [1.29, 1.82) is 0 Å². The van der Waals surface area contributed by atoms with Crippen molar-refractivity contribution in [2.24, 2.45) is 0 Å². The molecule has 0 saturated carbocycles. The third-order valence-electron chi connectivity index (χ3n) is 4.32. The van der Waals surface area contributed by atoms with Gasteiger partial charge in [-0.2, -0.15) is 0 Å². The van der Waals surface area contributed by atoms with E-state index in [-0.39, 0.29) is 0 Å². The lowest BCUT2D eigenvalue weighted by Gasteiger charge is -2.13. The van der Waals surface area contributed by atoms with Crippen LogP contribution in [-0.4, -0.2) is 33.2 Å². The van der Waals surface area contributed by atoms with E-state index in [2.05, 4.69) is 15.6 Å². The molecule has 2 aromatic carbocycles. The van der Waals surface area contributed by atoms with Gasteiger partial charge in [0, 0.05) is 6.54 Å². The van der Waals surface area contributed by atoms with Crippen molar-refractivity contribution < 1.29 is 22.8 Å². The van der Waals surface area contributed by atoms with E-state index in [4.69, 9.17) is 0 Å². The molecule has 3 aromatic rings. The molecule has 0 aliphatic carbocycles. The first-order valence-corrected chi connectivity index (χ1v) is 10.0. The topological polar surface area (TPSA) is 76.0 Å². The van der Waals surface area contributed by atoms with Crippen LogP contribution in [0.4, 0.5) is 18.9 Å². The number of halogens is 3. The summed E-state index contributed by atoms with van der Waals surface area (Å²) in [5.41, 5.74) is 1.28. The van der Waals surface area contributed by atoms with Crippen LogP contribution in [0.15, 0.2) is 41.6 Å². The van der Waals surface area contributed by atoms with Gasteiger partial charge in [0.2, 0.25) is 11.8 Å². The number of nitrogens with zero attached hydrogens (tertiary/aromatic N) is 2. The van der Waals surface area contributed by atoms with Crippen LogP contribution < -0.4 is 10.6 Å². The summed E-state index contributed by atoms with van der Waals surface area (Å²) in [6.07, 6.45) is 0. The van der Waals surface area contributed by atoms with Gasteiger partial charge >= 0.3 is 0 Å². The highest BCUT2D eigenvalue weighted by molar-refractivity contribution is 8.00. The highest BCUT2D eigenvalue weighted by Crippen LogP contribution is 2.27. The lowest BCUT2D eigenvalue weighted by Crippen LogP contribution is -2.37. The molecule has 10 heteroatoms. The number of hydrogen-bond donors (Lipinski definition) is 2. The predicted octanol–water partition coefficient (Wildman–Crippen LogP) is 3.71. The number of imidazole rings is 1. The molecular weight excluding hydrogens is 417 g/mol. The Morgan fingerprint density at radius 3 is 2.60 bits per heavy atom. The molecule has 1 aromatic heterocycles. The van der Waals surface area contributed by atoms with E-state index in [9.17, 15) is 22.8 Å². The summed E-state index contributed by atoms with van der Waals surface area (Å²) in [7, 11) is 0. The van der Waals surface area contributed by atoms with Crippen molar-refractivity contribution in [2.45, 2.75) is 30.8 Å². The summed E-state index contributed by atoms with van der Waals surface area (Å²) < 4.78 is 41.8. The number of aryl methyl sites for hydroxylation is 1. The minimum absolute atomic E-state index is 0.421. The monoisotopic (exact) mass is 436 g/mol. The number of para-hydroxylation sites is 2. The van der Waals surface area contributed by atoms with Gasteiger partial charge in [0.1, 0.15) is 0 Å². The van der Waals surface area contributed by atoms with Gasteiger partial charge in [-0.05, 0) is 38.1 Å². The Bertz CT molecular complexity index is 1100. The average Bonchev–Trinajstić information content (AvgIpc) is 3.09. The Kier molecular flexibility index (Phi) is 6.66. The molecule has 0 bridgehead atoms. The van der Waals surface area contributed by atoms with Gasteiger partial charge in [0.25, 0.3) is 0 Å². The normalized spacial score (nSPS) is 12.0. The highest BCUT2D eigenvalue weighted by Gasteiger charge is 2.20. The van der Waals surface area contributed by atoms with E-state index >= 15 is 0 Å². The van der Waals surface area contributed by atoms with E-state index in [0.29, 0.717) is 17.8 Å². The van der Waals surface area contributed by atoms with E-state index in [1.54, 1.807) is 6.92 Å². The SMILES string of the molecule is CCn1c(SC(C)C(=O)NCC(=O)Nc2ccc(F)c(F)c2F)nc2ccccc21. The van der Waals surface area contributed by atoms with E-state index in [0.717, 1.165) is 17.1 Å². The maximum absolute atomic E-state index is 13.6. The summed E-state index contributed by atoms with van der Waals surface area (Å²) in [5, 5.41) is 4.66. The van der Waals surface area contributed by atoms with Crippen LogP contribution in [-0.2, 0) is 16.1 Å². The Labute approximate surface area is 174 Å². The van der Waals surface area contributed by atoms with Crippen LogP contribution in [0.1, 0.15) is 13.8 Å². The number of benzene rings is 2. The number of carbonyl (C=O) groups excluding carboxylic acids is 2. The first-order valence-electron chi connectivity index (χ1n) is 9.14. The molecule has 2 N–H and O–H groups in total. The fourth-order valence-electron chi connectivity index (χ4n) is 2.79. The van der Waals surface area contributed by atoms with E-state index in [1.165, 1.54) is 11.8 Å². The minimum atomic E-state index is -1.68. The van der Waals surface area contributed by atoms with Crippen LogP contribution in [0.2, 0.25) is 0 Å². The third-order valence-corrected chi connectivity index (χ3v) is 5.41. The first kappa shape index (κ1) is 21.7. The molecule has 0 spiro atoms. The van der Waals surface area contributed by atoms with Crippen molar-refractivity contribution in [3.8, 4) is 0 Å². The summed E-state index contributed by atoms with van der Waals surface area (Å²) in [4.78, 5) is 28.8. The zero-order chi connectivity index (χ0) is 21.8. The molecule has 1 unspecified atom stereocenters. The molecule has 0 aliphatic heterocycles. The largest absolute Gasteiger partial charge is 0.346 e. The fraction of sp³-hybridized carbons (Fsp3) is 0.250. The van der Waals surface area contributed by atoms with Gasteiger partial charge in [-0.1, -0.05) is 23.9 Å². The third kappa shape index (κ3) is 4.59. The van der Waals surface area contributed by atoms with E-state index < -0.39 is 46.7 Å². The summed E-state index contributed by atoms with van der Waals surface area (Å²) in [6, 6.07) is 9.23. The molecule has 158 valence electrons. The lowest BCUT2D eigenvalue weighted by atomic mass is 10.2. The second-order valence-corrected chi connectivity index (χ2v) is 7.68. The van der Waals surface area contributed by atoms with Crippen LogP contribution in [0.5, 0.6) is 0 Å². The summed E-state index contributed by atoms with van der Waals surface area (Å²) in [6.45, 7) is 3.88. The van der Waals surface area contributed by atoms with Gasteiger partial charge in [-0.3, -0.25) is 9.59 Å². The zero-order valence-electron chi connectivity index (χ0n) is 16.2. The molecule has 0 aliphatic rings. The Morgan fingerprint density at radius 1 is 1.13 bits per heavy atom. The van der Waals surface area contributed by atoms with E-state index in [1.807, 2.05) is 35.8 Å². The lowest BCUT2D eigenvalue weighted by molar-refractivity contribution is -0.123. The zero-order valence-corrected chi connectivity index (χ0v) is 17.0. The number of nitrogens with one attached hydrogen (secondary N) is 2. The van der Waals surface area contributed by atoms with Crippen molar-refractivity contribution in [3.63, 3.8) is 0 Å². The second-order valence-electron chi connectivity index (χ2n) is 6.38. The van der Waals surface area contributed by atoms with Crippen molar-refractivity contribution in [1.82, 2.24) is 14.9 Å². The molecule has 2 amide bonds. The Morgan fingerprint density at radius 2 is 1.87 bits per heavy atom. The number of thioether (sulfide) groups is 1. The molecule has 1 heterocycles.